The average molecular weight is 341 g/mol. The molecule has 0 aromatic carbocycles. The average Bonchev–Trinajstić information content (AvgIpc) is 2.97. The van der Waals surface area contributed by atoms with Crippen molar-refractivity contribution in [2.24, 2.45) is 0 Å². The van der Waals surface area contributed by atoms with E-state index in [-0.39, 0.29) is 5.91 Å². The Morgan fingerprint density at radius 1 is 1.52 bits per heavy atom. The lowest BCUT2D eigenvalue weighted by atomic mass is 10.2. The van der Waals surface area contributed by atoms with Gasteiger partial charge in [-0.05, 0) is 31.5 Å². The molecule has 1 aromatic rings. The van der Waals surface area contributed by atoms with Crippen LogP contribution in [0, 0.1) is 0 Å². The number of likely N-dealkylation sites (tertiary alicyclic amines) is 1. The molecule has 0 aliphatic carbocycles. The van der Waals surface area contributed by atoms with Crippen LogP contribution in [0.3, 0.4) is 0 Å². The molecule has 23 heavy (non-hydrogen) atoms. The van der Waals surface area contributed by atoms with E-state index in [0.717, 1.165) is 32.5 Å². The number of carbonyl (C=O) groups excluding carboxylic acids is 1. The van der Waals surface area contributed by atoms with Crippen molar-refractivity contribution in [3.8, 4) is 0 Å². The summed E-state index contributed by atoms with van der Waals surface area (Å²) in [6.45, 7) is 3.33. The first-order chi connectivity index (χ1) is 11.0. The number of ether oxygens (including phenoxy) is 1. The monoisotopic (exact) mass is 340 g/mol. The highest BCUT2D eigenvalue weighted by Gasteiger charge is 2.24. The van der Waals surface area contributed by atoms with Crippen LogP contribution >= 0.6 is 11.6 Å². The van der Waals surface area contributed by atoms with Crippen LogP contribution in [-0.4, -0.2) is 69.3 Å². The number of amides is 1. The molecule has 0 radical (unpaired) electrons. The van der Waals surface area contributed by atoms with Gasteiger partial charge in [-0.1, -0.05) is 11.6 Å². The normalized spacial score (nSPS) is 18.2. The third-order valence-corrected chi connectivity index (χ3v) is 4.27. The molecule has 0 bridgehead atoms. The Kier molecular flexibility index (Phi) is 6.62. The Morgan fingerprint density at radius 3 is 3.00 bits per heavy atom. The summed E-state index contributed by atoms with van der Waals surface area (Å²) >= 11 is 6.01. The number of carbonyl (C=O) groups is 1. The van der Waals surface area contributed by atoms with Crippen LogP contribution < -0.4 is 10.2 Å². The van der Waals surface area contributed by atoms with Gasteiger partial charge in [0.05, 0.1) is 6.61 Å². The van der Waals surface area contributed by atoms with E-state index in [1.165, 1.54) is 0 Å². The summed E-state index contributed by atoms with van der Waals surface area (Å²) in [6.07, 6.45) is 2.26. The van der Waals surface area contributed by atoms with Gasteiger partial charge in [0.25, 0.3) is 5.91 Å². The maximum Gasteiger partial charge on any atom is 0.251 e. The quantitative estimate of drug-likeness (QED) is 0.765. The van der Waals surface area contributed by atoms with E-state index in [1.807, 2.05) is 19.0 Å². The summed E-state index contributed by atoms with van der Waals surface area (Å²) in [5, 5.41) is 3.34. The molecule has 1 atom stereocenters. The Morgan fingerprint density at radius 2 is 2.30 bits per heavy atom. The smallest absolute Gasteiger partial charge is 0.251 e. The Hall–Kier alpha value is -1.37. The second kappa shape index (κ2) is 8.47. The zero-order chi connectivity index (χ0) is 16.8. The molecule has 2 rings (SSSR count). The molecule has 0 spiro atoms. The first kappa shape index (κ1) is 18.0. The van der Waals surface area contributed by atoms with Crippen molar-refractivity contribution >= 4 is 23.3 Å². The van der Waals surface area contributed by atoms with E-state index < -0.39 is 0 Å². The number of rotatable bonds is 7. The van der Waals surface area contributed by atoms with Gasteiger partial charge in [0.2, 0.25) is 0 Å². The van der Waals surface area contributed by atoms with E-state index in [4.69, 9.17) is 16.3 Å². The van der Waals surface area contributed by atoms with Gasteiger partial charge in [0, 0.05) is 45.9 Å². The van der Waals surface area contributed by atoms with Gasteiger partial charge < -0.3 is 15.0 Å². The minimum Gasteiger partial charge on any atom is -0.383 e. The Labute approximate surface area is 142 Å². The van der Waals surface area contributed by atoms with Gasteiger partial charge in [-0.3, -0.25) is 9.69 Å². The van der Waals surface area contributed by atoms with E-state index in [0.29, 0.717) is 29.1 Å². The molecule has 1 saturated heterocycles. The first-order valence-electron chi connectivity index (χ1n) is 7.87. The van der Waals surface area contributed by atoms with Crippen molar-refractivity contribution in [2.45, 2.75) is 18.9 Å². The summed E-state index contributed by atoms with van der Waals surface area (Å²) in [5.41, 5.74) is 0.537. The van der Waals surface area contributed by atoms with Crippen molar-refractivity contribution < 1.29 is 9.53 Å². The van der Waals surface area contributed by atoms with Crippen molar-refractivity contribution in [1.29, 1.82) is 0 Å². The molecule has 7 heteroatoms. The maximum absolute atomic E-state index is 12.4. The number of hydrogen-bond acceptors (Lipinski definition) is 5. The molecule has 1 aliphatic heterocycles. The van der Waals surface area contributed by atoms with Gasteiger partial charge in [0.15, 0.2) is 0 Å². The van der Waals surface area contributed by atoms with Crippen molar-refractivity contribution in [2.75, 3.05) is 52.3 Å². The van der Waals surface area contributed by atoms with Gasteiger partial charge >= 0.3 is 0 Å². The van der Waals surface area contributed by atoms with Gasteiger partial charge in [0.1, 0.15) is 11.0 Å². The molecule has 6 nitrogen and oxygen atoms in total. The number of methoxy groups -OCH3 is 1. The fourth-order valence-corrected chi connectivity index (χ4v) is 2.99. The number of halogens is 1. The Balaban J connectivity index is 1.94. The molecule has 2 heterocycles. The number of pyridine rings is 1. The minimum atomic E-state index is -0.115. The van der Waals surface area contributed by atoms with E-state index in [2.05, 4.69) is 15.2 Å². The highest BCUT2D eigenvalue weighted by Crippen LogP contribution is 2.18. The molecule has 1 fully saturated rings. The van der Waals surface area contributed by atoms with E-state index in [9.17, 15) is 4.79 Å². The lowest BCUT2D eigenvalue weighted by molar-refractivity contribution is 0.0932. The predicted molar refractivity (Wildman–Crippen MR) is 92.4 cm³/mol. The molecule has 1 aromatic heterocycles. The predicted octanol–water partition coefficient (Wildman–Crippen LogP) is 1.64. The molecule has 0 unspecified atom stereocenters. The van der Waals surface area contributed by atoms with Crippen LogP contribution in [0.2, 0.25) is 5.15 Å². The highest BCUT2D eigenvalue weighted by atomic mass is 35.5. The van der Waals surface area contributed by atoms with Crippen molar-refractivity contribution in [1.82, 2.24) is 15.2 Å². The lowest BCUT2D eigenvalue weighted by Gasteiger charge is -2.24. The third kappa shape index (κ3) is 5.06. The number of hydrogen-bond donors (Lipinski definition) is 1. The number of nitrogens with one attached hydrogen (secondary N) is 1. The van der Waals surface area contributed by atoms with Crippen molar-refractivity contribution in [3.05, 3.63) is 22.8 Å². The molecule has 1 N–H and O–H groups in total. The van der Waals surface area contributed by atoms with Crippen LogP contribution in [0.15, 0.2) is 12.1 Å². The highest BCUT2D eigenvalue weighted by molar-refractivity contribution is 6.29. The third-order valence-electron chi connectivity index (χ3n) is 4.08. The number of aromatic nitrogens is 1. The molecular weight excluding hydrogens is 316 g/mol. The zero-order valence-electron chi connectivity index (χ0n) is 14.0. The molecular formula is C16H25ClN4O2. The largest absolute Gasteiger partial charge is 0.383 e. The summed E-state index contributed by atoms with van der Waals surface area (Å²) in [4.78, 5) is 20.8. The molecule has 128 valence electrons. The molecule has 1 amide bonds. The van der Waals surface area contributed by atoms with Crippen LogP contribution in [-0.2, 0) is 4.74 Å². The zero-order valence-corrected chi connectivity index (χ0v) is 14.8. The van der Waals surface area contributed by atoms with Crippen LogP contribution in [0.25, 0.3) is 0 Å². The summed E-state index contributed by atoms with van der Waals surface area (Å²) in [5.74, 6) is 0.557. The van der Waals surface area contributed by atoms with Crippen LogP contribution in [0.1, 0.15) is 23.2 Å². The SMILES string of the molecule is COCCN1CCC[C@@H]1CNC(=O)c1cc(Cl)nc(N(C)C)c1. The molecule has 0 saturated carbocycles. The second-order valence-corrected chi connectivity index (χ2v) is 6.35. The van der Waals surface area contributed by atoms with E-state index in [1.54, 1.807) is 19.2 Å². The minimum absolute atomic E-state index is 0.115. The topological polar surface area (TPSA) is 57.7 Å². The van der Waals surface area contributed by atoms with Crippen LogP contribution in [0.5, 0.6) is 0 Å². The van der Waals surface area contributed by atoms with Crippen molar-refractivity contribution in [3.63, 3.8) is 0 Å². The number of anilines is 1. The van der Waals surface area contributed by atoms with Crippen LogP contribution in [0.4, 0.5) is 5.82 Å². The fraction of sp³-hybridized carbons (Fsp3) is 0.625. The second-order valence-electron chi connectivity index (χ2n) is 5.97. The summed E-state index contributed by atoms with van der Waals surface area (Å²) in [7, 11) is 5.45. The van der Waals surface area contributed by atoms with Gasteiger partial charge in [-0.2, -0.15) is 0 Å². The summed E-state index contributed by atoms with van der Waals surface area (Å²) < 4.78 is 5.14. The maximum atomic E-state index is 12.4. The fourth-order valence-electron chi connectivity index (χ4n) is 2.79. The van der Waals surface area contributed by atoms with Gasteiger partial charge in [-0.15, -0.1) is 0 Å². The first-order valence-corrected chi connectivity index (χ1v) is 8.25. The van der Waals surface area contributed by atoms with Gasteiger partial charge in [-0.25, -0.2) is 4.98 Å². The number of nitrogens with zero attached hydrogens (tertiary/aromatic N) is 3. The van der Waals surface area contributed by atoms with E-state index >= 15 is 0 Å². The summed E-state index contributed by atoms with van der Waals surface area (Å²) in [6, 6.07) is 3.72. The lowest BCUT2D eigenvalue weighted by Crippen LogP contribution is -2.41. The Bertz CT molecular complexity index is 539. The standard InChI is InChI=1S/C16H25ClN4O2/c1-20(2)15-10-12(9-14(17)19-15)16(22)18-11-13-5-4-6-21(13)7-8-23-3/h9-10,13H,4-8,11H2,1-3H3,(H,18,22)/t13-/m1/s1. The molecule has 1 aliphatic rings.